The summed E-state index contributed by atoms with van der Waals surface area (Å²) in [6, 6.07) is 15.0. The second-order valence-corrected chi connectivity index (χ2v) is 5.22. The molecule has 0 aliphatic carbocycles. The summed E-state index contributed by atoms with van der Waals surface area (Å²) in [4.78, 5) is 0. The summed E-state index contributed by atoms with van der Waals surface area (Å²) in [5.74, 6) is 1.31. The van der Waals surface area contributed by atoms with Crippen molar-refractivity contribution >= 4 is 0 Å². The first-order chi connectivity index (χ1) is 9.65. The lowest BCUT2D eigenvalue weighted by Crippen LogP contribution is -2.10. The number of rotatable bonds is 5. The molecule has 0 amide bonds. The summed E-state index contributed by atoms with van der Waals surface area (Å²) in [7, 11) is 0. The van der Waals surface area contributed by atoms with E-state index in [1.165, 1.54) is 0 Å². The van der Waals surface area contributed by atoms with Gasteiger partial charge in [0.2, 0.25) is 0 Å². The van der Waals surface area contributed by atoms with E-state index in [1.54, 1.807) is 12.1 Å². The van der Waals surface area contributed by atoms with Gasteiger partial charge in [-0.15, -0.1) is 0 Å². The molecule has 2 nitrogen and oxygen atoms in total. The molecule has 2 N–H and O–H groups in total. The molecule has 2 atom stereocenters. The number of hydrogen-bond acceptors (Lipinski definition) is 2. The number of benzene rings is 2. The van der Waals surface area contributed by atoms with Gasteiger partial charge in [-0.25, -0.2) is 0 Å². The van der Waals surface area contributed by atoms with Crippen molar-refractivity contribution in [2.24, 2.45) is 0 Å². The monoisotopic (exact) mass is 270 g/mol. The lowest BCUT2D eigenvalue weighted by molar-refractivity contribution is 0.462. The highest BCUT2D eigenvalue weighted by molar-refractivity contribution is 5.35. The summed E-state index contributed by atoms with van der Waals surface area (Å²) < 4.78 is 0. The molecular weight excluding hydrogens is 248 g/mol. The minimum absolute atomic E-state index is 0.312. The zero-order valence-corrected chi connectivity index (χ0v) is 12.1. The first-order valence-electron chi connectivity index (χ1n) is 7.23. The molecule has 0 saturated heterocycles. The highest BCUT2D eigenvalue weighted by Gasteiger charge is 2.22. The summed E-state index contributed by atoms with van der Waals surface area (Å²) in [6.07, 6.45) is 2.00. The van der Waals surface area contributed by atoms with Crippen LogP contribution in [0, 0.1) is 0 Å². The van der Waals surface area contributed by atoms with Crippen LogP contribution in [0.4, 0.5) is 0 Å². The largest absolute Gasteiger partial charge is 0.508 e. The molecule has 2 aromatic carbocycles. The highest BCUT2D eigenvalue weighted by Crippen LogP contribution is 2.39. The van der Waals surface area contributed by atoms with E-state index in [0.29, 0.717) is 23.3 Å². The Balaban J connectivity index is 2.37. The van der Waals surface area contributed by atoms with E-state index in [-0.39, 0.29) is 0 Å². The Kier molecular flexibility index (Phi) is 4.67. The number of phenols is 2. The second-order valence-electron chi connectivity index (χ2n) is 5.22. The summed E-state index contributed by atoms with van der Waals surface area (Å²) in [5, 5.41) is 19.4. The normalized spacial score (nSPS) is 13.9. The van der Waals surface area contributed by atoms with Crippen molar-refractivity contribution in [2.75, 3.05) is 0 Å². The summed E-state index contributed by atoms with van der Waals surface area (Å²) in [6.45, 7) is 4.33. The van der Waals surface area contributed by atoms with Crippen LogP contribution in [0.25, 0.3) is 0 Å². The molecule has 0 saturated carbocycles. The van der Waals surface area contributed by atoms with Crippen molar-refractivity contribution in [3.63, 3.8) is 0 Å². The van der Waals surface area contributed by atoms with Crippen LogP contribution in [-0.4, -0.2) is 10.2 Å². The van der Waals surface area contributed by atoms with E-state index in [4.69, 9.17) is 0 Å². The zero-order valence-electron chi connectivity index (χ0n) is 12.1. The number of hydrogen-bond donors (Lipinski definition) is 2. The van der Waals surface area contributed by atoms with Gasteiger partial charge in [0.15, 0.2) is 0 Å². The van der Waals surface area contributed by atoms with Crippen LogP contribution in [0.3, 0.4) is 0 Å². The average molecular weight is 270 g/mol. The standard InChI is InChI=1S/C18H22O2/c1-3-17(13-7-5-9-15(19)11-13)18(4-2)14-8-6-10-16(20)12-14/h5-12,17-20H,3-4H2,1-2H3/t17-,18-/m0/s1. The van der Waals surface area contributed by atoms with Gasteiger partial charge in [0, 0.05) is 0 Å². The van der Waals surface area contributed by atoms with Gasteiger partial charge in [-0.2, -0.15) is 0 Å². The Morgan fingerprint density at radius 2 is 1.15 bits per heavy atom. The highest BCUT2D eigenvalue weighted by atomic mass is 16.3. The van der Waals surface area contributed by atoms with Crippen LogP contribution in [0.5, 0.6) is 11.5 Å². The smallest absolute Gasteiger partial charge is 0.115 e. The van der Waals surface area contributed by atoms with E-state index in [0.717, 1.165) is 24.0 Å². The van der Waals surface area contributed by atoms with Crippen LogP contribution in [0.1, 0.15) is 49.7 Å². The van der Waals surface area contributed by atoms with Crippen molar-refractivity contribution in [1.29, 1.82) is 0 Å². The van der Waals surface area contributed by atoms with Gasteiger partial charge in [0.25, 0.3) is 0 Å². The van der Waals surface area contributed by atoms with Gasteiger partial charge >= 0.3 is 0 Å². The van der Waals surface area contributed by atoms with Gasteiger partial charge in [-0.3, -0.25) is 0 Å². The van der Waals surface area contributed by atoms with Gasteiger partial charge in [0.1, 0.15) is 11.5 Å². The van der Waals surface area contributed by atoms with E-state index < -0.39 is 0 Å². The van der Waals surface area contributed by atoms with Crippen LogP contribution in [0.2, 0.25) is 0 Å². The van der Waals surface area contributed by atoms with Crippen LogP contribution in [-0.2, 0) is 0 Å². The topological polar surface area (TPSA) is 40.5 Å². The molecule has 0 aliphatic rings. The third-order valence-corrected chi connectivity index (χ3v) is 3.96. The number of phenolic OH excluding ortho intramolecular Hbond substituents is 2. The van der Waals surface area contributed by atoms with E-state index in [9.17, 15) is 10.2 Å². The minimum atomic E-state index is 0.312. The fourth-order valence-electron chi connectivity index (χ4n) is 3.02. The predicted octanol–water partition coefficient (Wildman–Crippen LogP) is 4.79. The quantitative estimate of drug-likeness (QED) is 0.820. The maximum absolute atomic E-state index is 9.69. The van der Waals surface area contributed by atoms with Gasteiger partial charge in [-0.05, 0) is 60.1 Å². The van der Waals surface area contributed by atoms with Gasteiger partial charge in [0.05, 0.1) is 0 Å². The van der Waals surface area contributed by atoms with E-state index in [2.05, 4.69) is 26.0 Å². The molecule has 0 heterocycles. The third kappa shape index (κ3) is 3.13. The summed E-state index contributed by atoms with van der Waals surface area (Å²) in [5.41, 5.74) is 2.31. The Labute approximate surface area is 120 Å². The molecule has 106 valence electrons. The minimum Gasteiger partial charge on any atom is -0.508 e. The van der Waals surface area contributed by atoms with E-state index in [1.807, 2.05) is 24.3 Å². The summed E-state index contributed by atoms with van der Waals surface area (Å²) >= 11 is 0. The van der Waals surface area contributed by atoms with Crippen molar-refractivity contribution < 1.29 is 10.2 Å². The molecule has 20 heavy (non-hydrogen) atoms. The molecule has 0 aliphatic heterocycles. The van der Waals surface area contributed by atoms with Crippen molar-refractivity contribution in [2.45, 2.75) is 38.5 Å². The molecule has 0 spiro atoms. The SMILES string of the molecule is CC[C@@H](c1cccc(O)c1)[C@@H](CC)c1cccc(O)c1. The molecule has 0 bridgehead atoms. The van der Waals surface area contributed by atoms with Crippen LogP contribution < -0.4 is 0 Å². The van der Waals surface area contributed by atoms with Crippen molar-refractivity contribution in [3.8, 4) is 11.5 Å². The maximum atomic E-state index is 9.69. The Morgan fingerprint density at radius 3 is 1.45 bits per heavy atom. The maximum Gasteiger partial charge on any atom is 0.115 e. The first kappa shape index (κ1) is 14.4. The Morgan fingerprint density at radius 1 is 0.750 bits per heavy atom. The van der Waals surface area contributed by atoms with Crippen LogP contribution in [0.15, 0.2) is 48.5 Å². The van der Waals surface area contributed by atoms with Crippen LogP contribution >= 0.6 is 0 Å². The van der Waals surface area contributed by atoms with Gasteiger partial charge < -0.3 is 10.2 Å². The molecular formula is C18H22O2. The lowest BCUT2D eigenvalue weighted by Gasteiger charge is -2.26. The third-order valence-electron chi connectivity index (χ3n) is 3.96. The number of aromatic hydroxyl groups is 2. The average Bonchev–Trinajstić information content (AvgIpc) is 2.44. The molecule has 0 unspecified atom stereocenters. The zero-order chi connectivity index (χ0) is 14.5. The second kappa shape index (κ2) is 6.47. The molecule has 0 radical (unpaired) electrons. The molecule has 2 aromatic rings. The predicted molar refractivity (Wildman–Crippen MR) is 82.3 cm³/mol. The van der Waals surface area contributed by atoms with E-state index >= 15 is 0 Å². The fourth-order valence-corrected chi connectivity index (χ4v) is 3.02. The van der Waals surface area contributed by atoms with Crippen molar-refractivity contribution in [1.82, 2.24) is 0 Å². The molecule has 2 heteroatoms. The fraction of sp³-hybridized carbons (Fsp3) is 0.333. The van der Waals surface area contributed by atoms with Crippen molar-refractivity contribution in [3.05, 3.63) is 59.7 Å². The first-order valence-corrected chi connectivity index (χ1v) is 7.23. The van der Waals surface area contributed by atoms with Gasteiger partial charge in [-0.1, -0.05) is 38.1 Å². The molecule has 0 fully saturated rings. The Bertz CT molecular complexity index is 511. The molecule has 0 aromatic heterocycles. The Hall–Kier alpha value is -1.96. The molecule has 2 rings (SSSR count). The lowest BCUT2D eigenvalue weighted by atomic mass is 9.78.